The molecule has 0 aliphatic carbocycles. The Bertz CT molecular complexity index is 1400. The molecule has 198 valence electrons. The summed E-state index contributed by atoms with van der Waals surface area (Å²) in [7, 11) is -9.89. The minimum absolute atomic E-state index is 0.0782. The summed E-state index contributed by atoms with van der Waals surface area (Å²) in [5.41, 5.74) is -2.08. The molecular formula is C23H16Cl3F5N2O3S. The molecular weight excluding hydrogens is 586 g/mol. The van der Waals surface area contributed by atoms with E-state index in [4.69, 9.17) is 44.3 Å². The Kier molecular flexibility index (Phi) is 7.31. The molecule has 0 bridgehead atoms. The van der Waals surface area contributed by atoms with Gasteiger partial charge in [0.25, 0.3) is 5.91 Å². The van der Waals surface area contributed by atoms with E-state index in [0.29, 0.717) is 17.2 Å². The molecule has 14 heteroatoms. The third-order valence-corrected chi connectivity index (χ3v) is 6.66. The van der Waals surface area contributed by atoms with E-state index in [-0.39, 0.29) is 45.0 Å². The summed E-state index contributed by atoms with van der Waals surface area (Å²) in [5.74, 6) is -0.511. The number of carbonyl (C=O) groups is 1. The fourth-order valence-corrected chi connectivity index (χ4v) is 4.12. The fourth-order valence-electron chi connectivity index (χ4n) is 2.86. The van der Waals surface area contributed by atoms with Gasteiger partial charge >= 0.3 is 10.2 Å². The van der Waals surface area contributed by atoms with Gasteiger partial charge in [-0.1, -0.05) is 54.2 Å². The van der Waals surface area contributed by atoms with E-state index in [0.717, 1.165) is 0 Å². The molecule has 0 saturated heterocycles. The van der Waals surface area contributed by atoms with Crippen molar-refractivity contribution in [3.63, 3.8) is 0 Å². The molecule has 37 heavy (non-hydrogen) atoms. The number of carbonyl (C=O) groups excluding carboxylic acids is 1. The zero-order chi connectivity index (χ0) is 27.7. The summed E-state index contributed by atoms with van der Waals surface area (Å²) < 4.78 is 76.0. The van der Waals surface area contributed by atoms with Gasteiger partial charge in [0.05, 0.1) is 11.1 Å². The summed E-state index contributed by atoms with van der Waals surface area (Å²) in [6.07, 6.45) is 0. The highest BCUT2D eigenvalue weighted by molar-refractivity contribution is 8.45. The molecule has 1 unspecified atom stereocenters. The second-order valence-electron chi connectivity index (χ2n) is 7.95. The van der Waals surface area contributed by atoms with Crippen LogP contribution in [0.5, 0.6) is 17.2 Å². The maximum Gasteiger partial charge on any atom is 0.310 e. The molecule has 3 aromatic rings. The molecule has 1 N–H and O–H groups in total. The molecule has 5 nitrogen and oxygen atoms in total. The van der Waals surface area contributed by atoms with Crippen molar-refractivity contribution >= 4 is 50.9 Å². The molecule has 3 aromatic carbocycles. The van der Waals surface area contributed by atoms with Crippen LogP contribution in [0.3, 0.4) is 0 Å². The van der Waals surface area contributed by atoms with E-state index < -0.39 is 33.2 Å². The molecule has 0 aromatic heterocycles. The van der Waals surface area contributed by atoms with Gasteiger partial charge in [0, 0.05) is 21.7 Å². The van der Waals surface area contributed by atoms with Crippen LogP contribution in [0.25, 0.3) is 0 Å². The molecule has 0 fully saturated rings. The average Bonchev–Trinajstić information content (AvgIpc) is 2.79. The zero-order valence-corrected chi connectivity index (χ0v) is 21.7. The van der Waals surface area contributed by atoms with Crippen molar-refractivity contribution in [2.45, 2.75) is 17.4 Å². The van der Waals surface area contributed by atoms with Gasteiger partial charge in [-0.25, -0.2) is 0 Å². The van der Waals surface area contributed by atoms with Gasteiger partial charge in [-0.05, 0) is 61.5 Å². The minimum atomic E-state index is -9.89. The molecule has 0 heterocycles. The minimum Gasteiger partial charge on any atom is -0.486 e. The van der Waals surface area contributed by atoms with Gasteiger partial charge in [0.1, 0.15) is 17.3 Å². The van der Waals surface area contributed by atoms with E-state index >= 15 is 0 Å². The Morgan fingerprint density at radius 2 is 1.49 bits per heavy atom. The highest BCUT2D eigenvalue weighted by Gasteiger charge is 2.65. The molecule has 1 atom stereocenters. The Morgan fingerprint density at radius 1 is 0.919 bits per heavy atom. The van der Waals surface area contributed by atoms with Gasteiger partial charge < -0.3 is 14.8 Å². The van der Waals surface area contributed by atoms with Crippen molar-refractivity contribution < 1.29 is 33.7 Å². The van der Waals surface area contributed by atoms with E-state index in [1.807, 2.05) is 6.07 Å². The van der Waals surface area contributed by atoms with Crippen LogP contribution >= 0.6 is 45.0 Å². The molecule has 3 rings (SSSR count). The van der Waals surface area contributed by atoms with Crippen LogP contribution in [0.1, 0.15) is 17.3 Å². The van der Waals surface area contributed by atoms with Crippen molar-refractivity contribution in [2.75, 3.05) is 6.61 Å². The SMILES string of the molecule is CC(C#N)(COc1cc(Cl)ccc1Oc1ccc(Cl)cc1Cl)NC(=O)c1ccc(S(F)(F)(F)(F)F)cc1. The second kappa shape index (κ2) is 9.44. The van der Waals surface area contributed by atoms with E-state index in [1.165, 1.54) is 37.3 Å². The first-order chi connectivity index (χ1) is 16.9. The van der Waals surface area contributed by atoms with Gasteiger partial charge in [-0.2, -0.15) is 5.26 Å². The lowest BCUT2D eigenvalue weighted by molar-refractivity contribution is 0.0900. The number of amides is 1. The number of nitrogens with one attached hydrogen (secondary N) is 1. The first-order valence-corrected chi connectivity index (χ1v) is 13.1. The predicted molar refractivity (Wildman–Crippen MR) is 133 cm³/mol. The molecule has 0 saturated carbocycles. The normalized spacial score (nSPS) is 14.9. The largest absolute Gasteiger partial charge is 0.486 e. The van der Waals surface area contributed by atoms with Crippen LogP contribution in [0.2, 0.25) is 15.1 Å². The van der Waals surface area contributed by atoms with E-state index in [9.17, 15) is 29.5 Å². The molecule has 0 aliphatic rings. The monoisotopic (exact) mass is 600 g/mol. The van der Waals surface area contributed by atoms with Gasteiger partial charge in [0.15, 0.2) is 17.0 Å². The van der Waals surface area contributed by atoms with Crippen LogP contribution in [0, 0.1) is 11.3 Å². The Morgan fingerprint density at radius 3 is 2.03 bits per heavy atom. The summed E-state index contributed by atoms with van der Waals surface area (Å²) >= 11 is 18.1. The number of nitriles is 1. The maximum atomic E-state index is 12.9. The fraction of sp³-hybridized carbons (Fsp3) is 0.130. The quantitative estimate of drug-likeness (QED) is 0.261. The van der Waals surface area contributed by atoms with Crippen molar-refractivity contribution in [3.05, 3.63) is 81.3 Å². The number of halogens is 8. The van der Waals surface area contributed by atoms with Crippen LogP contribution < -0.4 is 14.8 Å². The van der Waals surface area contributed by atoms with Crippen molar-refractivity contribution in [1.82, 2.24) is 5.32 Å². The smallest absolute Gasteiger partial charge is 0.310 e. The van der Waals surface area contributed by atoms with E-state index in [2.05, 4.69) is 5.32 Å². The molecule has 0 radical (unpaired) electrons. The number of hydrogen-bond donors (Lipinski definition) is 1. The van der Waals surface area contributed by atoms with Gasteiger partial charge in [0.2, 0.25) is 0 Å². The zero-order valence-electron chi connectivity index (χ0n) is 18.6. The van der Waals surface area contributed by atoms with E-state index in [1.54, 1.807) is 6.07 Å². The number of ether oxygens (including phenoxy) is 2. The van der Waals surface area contributed by atoms with Crippen molar-refractivity contribution in [2.24, 2.45) is 0 Å². The third-order valence-electron chi connectivity index (χ3n) is 4.73. The Balaban J connectivity index is 1.77. The van der Waals surface area contributed by atoms with Crippen LogP contribution in [0.15, 0.2) is 65.6 Å². The lowest BCUT2D eigenvalue weighted by Crippen LogP contribution is -2.49. The summed E-state index contributed by atoms with van der Waals surface area (Å²) in [6.45, 7) is 0.832. The van der Waals surface area contributed by atoms with Gasteiger partial charge in [-0.15, -0.1) is 0 Å². The maximum absolute atomic E-state index is 12.9. The number of hydrogen-bond acceptors (Lipinski definition) is 4. The lowest BCUT2D eigenvalue weighted by atomic mass is 10.1. The van der Waals surface area contributed by atoms with Crippen LogP contribution in [-0.2, 0) is 0 Å². The van der Waals surface area contributed by atoms with Crippen LogP contribution in [0.4, 0.5) is 19.4 Å². The third kappa shape index (κ3) is 7.55. The summed E-state index contributed by atoms with van der Waals surface area (Å²) in [5, 5.41) is 12.8. The predicted octanol–water partition coefficient (Wildman–Crippen LogP) is 9.19. The molecule has 0 spiro atoms. The summed E-state index contributed by atoms with van der Waals surface area (Å²) in [4.78, 5) is 10.4. The highest BCUT2D eigenvalue weighted by Crippen LogP contribution is 3.02. The highest BCUT2D eigenvalue weighted by atomic mass is 35.5. The number of rotatable bonds is 8. The van der Waals surface area contributed by atoms with Gasteiger partial charge in [-0.3, -0.25) is 4.79 Å². The summed E-state index contributed by atoms with van der Waals surface area (Å²) in [6, 6.07) is 12.1. The van der Waals surface area contributed by atoms with Crippen molar-refractivity contribution in [1.29, 1.82) is 5.26 Å². The first-order valence-electron chi connectivity index (χ1n) is 10.0. The standard InChI is InChI=1S/C23H16Cl3F5N2O3S/c1-23(12-32,33-22(34)14-2-6-17(7-3-14)37(27,28,29,30)31)13-35-21-11-16(25)5-9-20(21)36-19-8-4-15(24)10-18(19)26/h2-11H,13H2,1H3,(H,33,34). The Hall–Kier alpha value is -2.91. The molecule has 1 amide bonds. The van der Waals surface area contributed by atoms with Crippen molar-refractivity contribution in [3.8, 4) is 23.3 Å². The topological polar surface area (TPSA) is 71.3 Å². The molecule has 0 aliphatic heterocycles. The number of benzene rings is 3. The average molecular weight is 602 g/mol. The lowest BCUT2D eigenvalue weighted by Gasteiger charge is -2.40. The Labute approximate surface area is 223 Å². The van der Waals surface area contributed by atoms with Crippen LogP contribution in [-0.4, -0.2) is 18.1 Å². The first kappa shape index (κ1) is 28.7. The second-order valence-corrected chi connectivity index (χ2v) is 11.6. The number of nitrogens with zero attached hydrogens (tertiary/aromatic N) is 1.